The number of allylic oxidation sites excluding steroid dienone is 10. The first-order valence-electron chi connectivity index (χ1n) is 16.7. The first-order valence-corrected chi connectivity index (χ1v) is 16.2. The molecule has 0 N–H and O–H groups in total. The van der Waals surface area contributed by atoms with Gasteiger partial charge in [-0.25, -0.2) is 37.5 Å². The van der Waals surface area contributed by atoms with Gasteiger partial charge in [-0.05, 0) is 98.8 Å². The lowest BCUT2D eigenvalue weighted by atomic mass is 10.0. The maximum absolute atomic E-state index is 14.3. The summed E-state index contributed by atoms with van der Waals surface area (Å²) in [7, 11) is 0. The van der Waals surface area contributed by atoms with Gasteiger partial charge in [-0.1, -0.05) is 12.1 Å². The molecule has 0 spiro atoms. The summed E-state index contributed by atoms with van der Waals surface area (Å²) in [6.07, 6.45) is 15.3. The van der Waals surface area contributed by atoms with Crippen LogP contribution >= 0.6 is 0 Å². The molecule has 0 amide bonds. The molecule has 0 aliphatic carbocycles. The van der Waals surface area contributed by atoms with E-state index in [0.29, 0.717) is 51.2 Å². The van der Waals surface area contributed by atoms with E-state index in [-0.39, 0.29) is 43.2 Å². The summed E-state index contributed by atoms with van der Waals surface area (Å²) in [6.45, 7) is 3.67. The highest BCUT2D eigenvalue weighted by Crippen LogP contribution is 2.31. The van der Waals surface area contributed by atoms with Crippen LogP contribution in [0.25, 0.3) is 0 Å². The van der Waals surface area contributed by atoms with Gasteiger partial charge in [0.1, 0.15) is 23.3 Å². The molecule has 8 bridgehead atoms. The third-order valence-electron chi connectivity index (χ3n) is 8.55. The number of fused-ring (bicyclic) bond motifs is 4. The summed E-state index contributed by atoms with van der Waals surface area (Å²) in [5, 5.41) is 0. The Labute approximate surface area is 288 Å². The van der Waals surface area contributed by atoms with E-state index in [9.17, 15) is 17.6 Å². The maximum atomic E-state index is 14.3. The Bertz CT molecular complexity index is 2160. The summed E-state index contributed by atoms with van der Waals surface area (Å²) >= 11 is 0. The van der Waals surface area contributed by atoms with E-state index in [4.69, 9.17) is 25.8 Å². The predicted molar refractivity (Wildman–Crippen MR) is 187 cm³/mol. The highest BCUT2D eigenvalue weighted by molar-refractivity contribution is 6.15. The van der Waals surface area contributed by atoms with Gasteiger partial charge in [0.05, 0.1) is 72.4 Å². The fraction of sp³-hybridized carbons (Fsp3) is 0.200. The zero-order chi connectivity index (χ0) is 35.6. The lowest BCUT2D eigenvalue weighted by Crippen LogP contribution is -2.15. The third-order valence-corrected chi connectivity index (χ3v) is 8.55. The highest BCUT2D eigenvalue weighted by atomic mass is 19.1. The van der Waals surface area contributed by atoms with Crippen molar-refractivity contribution in [2.24, 2.45) is 20.0 Å². The van der Waals surface area contributed by atoms with E-state index < -0.39 is 35.5 Å². The second kappa shape index (κ2) is 14.3. The fourth-order valence-corrected chi connectivity index (χ4v) is 5.97. The molecule has 0 fully saturated rings. The van der Waals surface area contributed by atoms with Crippen LogP contribution in [0.15, 0.2) is 151 Å². The normalized spacial score (nSPS) is 19.2. The van der Waals surface area contributed by atoms with Crippen molar-refractivity contribution >= 4 is 22.8 Å². The number of hydrogen-bond donors (Lipinski definition) is 0. The number of hydrogen-bond acceptors (Lipinski definition) is 6. The molecule has 0 saturated heterocycles. The lowest BCUT2D eigenvalue weighted by molar-refractivity contribution is 0.0929. The second-order valence-corrected chi connectivity index (χ2v) is 12.0. The van der Waals surface area contributed by atoms with Gasteiger partial charge in [0.2, 0.25) is 0 Å². The molecule has 7 rings (SSSR count). The molecule has 0 radical (unpaired) electrons. The molecule has 50 heavy (non-hydrogen) atoms. The monoisotopic (exact) mass is 677 g/mol. The number of nitrogens with zero attached hydrogens (tertiary/aromatic N) is 4. The molecule has 252 valence electrons. The van der Waals surface area contributed by atoms with Gasteiger partial charge in [-0.2, -0.15) is 0 Å². The minimum atomic E-state index is -0.667. The number of benzene rings is 2. The lowest BCUT2D eigenvalue weighted by Gasteiger charge is -2.16. The Hall–Kier alpha value is -5.32. The Morgan fingerprint density at radius 2 is 1.02 bits per heavy atom. The largest absolute Gasteiger partial charge is 0.373 e. The topological polar surface area (TPSA) is 67.9 Å². The van der Waals surface area contributed by atoms with Crippen LogP contribution in [0.1, 0.15) is 26.3 Å². The van der Waals surface area contributed by atoms with Gasteiger partial charge in [0, 0.05) is 35.1 Å². The standard InChI is InChI=1S/C40H32F4N4O2/c1-23(49-15-13-31-35(41)5-3-6-36(31)42)33-19-29-18-27-10-9-25(45-27)17-26-11-12-28(46-26)21-39-34(20-30(48-39)22-40(33)47-29)24(2)50-16-14-32-37(43)7-4-8-38(32)44/h3-12,17-24H,13-16H2,1-2H3/i19D. The molecule has 5 aliphatic rings. The van der Waals surface area contributed by atoms with E-state index in [1.54, 1.807) is 19.1 Å². The molecule has 0 aromatic heterocycles. The molecule has 5 heterocycles. The van der Waals surface area contributed by atoms with Crippen molar-refractivity contribution in [3.63, 3.8) is 0 Å². The van der Waals surface area contributed by atoms with E-state index in [0.717, 1.165) is 5.57 Å². The molecule has 6 nitrogen and oxygen atoms in total. The first kappa shape index (κ1) is 31.9. The molecule has 2 aromatic carbocycles. The predicted octanol–water partition coefficient (Wildman–Crippen LogP) is 8.17. The molecular formula is C40H32F4N4O2. The van der Waals surface area contributed by atoms with Crippen LogP contribution in [0.3, 0.4) is 0 Å². The summed E-state index contributed by atoms with van der Waals surface area (Å²) in [5.41, 5.74) is 5.66. The van der Waals surface area contributed by atoms with E-state index >= 15 is 0 Å². The molecular weight excluding hydrogens is 644 g/mol. The van der Waals surface area contributed by atoms with Crippen LogP contribution in [0.5, 0.6) is 0 Å². The van der Waals surface area contributed by atoms with E-state index in [1.807, 2.05) is 49.5 Å². The summed E-state index contributed by atoms with van der Waals surface area (Å²) in [4.78, 5) is 19.0. The Balaban J connectivity index is 1.20. The maximum Gasteiger partial charge on any atom is 0.129 e. The summed E-state index contributed by atoms with van der Waals surface area (Å²) in [5.74, 6) is -2.54. The zero-order valence-electron chi connectivity index (χ0n) is 28.3. The van der Waals surface area contributed by atoms with Gasteiger partial charge in [-0.3, -0.25) is 0 Å². The van der Waals surface area contributed by atoms with E-state index in [1.165, 1.54) is 36.4 Å². The van der Waals surface area contributed by atoms with Gasteiger partial charge < -0.3 is 9.47 Å². The van der Waals surface area contributed by atoms with Gasteiger partial charge in [0.15, 0.2) is 0 Å². The minimum Gasteiger partial charge on any atom is -0.373 e. The van der Waals surface area contributed by atoms with Crippen LogP contribution in [0.2, 0.25) is 0 Å². The average Bonchev–Trinajstić information content (AvgIpc) is 3.88. The van der Waals surface area contributed by atoms with Crippen molar-refractivity contribution in [3.05, 3.63) is 165 Å². The van der Waals surface area contributed by atoms with Crippen molar-refractivity contribution < 1.29 is 28.4 Å². The number of aliphatic imine (C=N–C) groups is 4. The van der Waals surface area contributed by atoms with Crippen molar-refractivity contribution in [3.8, 4) is 0 Å². The average molecular weight is 678 g/mol. The molecule has 2 unspecified atom stereocenters. The van der Waals surface area contributed by atoms with E-state index in [2.05, 4.69) is 4.99 Å². The van der Waals surface area contributed by atoms with Crippen molar-refractivity contribution in [2.45, 2.75) is 38.9 Å². The molecule has 2 atom stereocenters. The quantitative estimate of drug-likeness (QED) is 0.238. The first-order chi connectivity index (χ1) is 24.6. The van der Waals surface area contributed by atoms with Crippen LogP contribution in [-0.2, 0) is 22.3 Å². The summed E-state index contributed by atoms with van der Waals surface area (Å²) < 4.78 is 78.3. The number of ether oxygens (including phenoxy) is 2. The number of rotatable bonds is 10. The number of halogens is 4. The Morgan fingerprint density at radius 3 is 1.60 bits per heavy atom. The van der Waals surface area contributed by atoms with Crippen LogP contribution < -0.4 is 0 Å². The van der Waals surface area contributed by atoms with Crippen molar-refractivity contribution in [1.29, 1.82) is 0 Å². The van der Waals surface area contributed by atoms with Crippen molar-refractivity contribution in [1.82, 2.24) is 0 Å². The fourth-order valence-electron chi connectivity index (χ4n) is 5.97. The van der Waals surface area contributed by atoms with Crippen molar-refractivity contribution in [2.75, 3.05) is 13.2 Å². The molecule has 10 heteroatoms. The zero-order valence-corrected chi connectivity index (χ0v) is 27.3. The third kappa shape index (κ3) is 7.31. The minimum absolute atomic E-state index is 0.00368. The SMILES string of the molecule is [2H]C1=C(C(C)OCCc2c(F)cccc2F)C2=CC3=NC(=CC4=NC(=CC5=NC(=CC1=N2)C=C5)C=C4)C(C(C)OCCc1c(F)cccc1F)=C3. The van der Waals surface area contributed by atoms with Crippen LogP contribution in [0, 0.1) is 23.3 Å². The highest BCUT2D eigenvalue weighted by Gasteiger charge is 2.25. The van der Waals surface area contributed by atoms with Gasteiger partial charge >= 0.3 is 0 Å². The Kier molecular flexibility index (Phi) is 9.11. The second-order valence-electron chi connectivity index (χ2n) is 12.0. The van der Waals surface area contributed by atoms with Gasteiger partial charge in [0.25, 0.3) is 0 Å². The molecule has 2 aromatic rings. The van der Waals surface area contributed by atoms with Crippen LogP contribution in [0.4, 0.5) is 17.6 Å². The smallest absolute Gasteiger partial charge is 0.129 e. The Morgan fingerprint density at radius 1 is 0.560 bits per heavy atom. The van der Waals surface area contributed by atoms with Gasteiger partial charge in [-0.15, -0.1) is 0 Å². The summed E-state index contributed by atoms with van der Waals surface area (Å²) in [6, 6.07) is 7.61. The molecule has 0 saturated carbocycles. The van der Waals surface area contributed by atoms with Crippen LogP contribution in [-0.4, -0.2) is 48.3 Å². The molecule has 5 aliphatic heterocycles.